The number of rotatable bonds is 5. The lowest BCUT2D eigenvalue weighted by atomic mass is 10.1. The highest BCUT2D eigenvalue weighted by Crippen LogP contribution is 2.24. The van der Waals surface area contributed by atoms with Crippen molar-refractivity contribution in [1.29, 1.82) is 0 Å². The van der Waals surface area contributed by atoms with Crippen LogP contribution in [0.25, 0.3) is 0 Å². The van der Waals surface area contributed by atoms with E-state index in [1.54, 1.807) is 0 Å². The van der Waals surface area contributed by atoms with Gasteiger partial charge in [-0.2, -0.15) is 0 Å². The van der Waals surface area contributed by atoms with Crippen molar-refractivity contribution in [3.8, 4) is 0 Å². The van der Waals surface area contributed by atoms with Crippen molar-refractivity contribution in [3.63, 3.8) is 0 Å². The predicted octanol–water partition coefficient (Wildman–Crippen LogP) is 3.79. The van der Waals surface area contributed by atoms with Crippen molar-refractivity contribution < 1.29 is 4.74 Å². The Kier molecular flexibility index (Phi) is 5.22. The van der Waals surface area contributed by atoms with Crippen LogP contribution in [0.3, 0.4) is 0 Å². The van der Waals surface area contributed by atoms with Gasteiger partial charge in [-0.3, -0.25) is 0 Å². The predicted molar refractivity (Wildman–Crippen MR) is 82.7 cm³/mol. The average molecular weight is 327 g/mol. The zero-order valence-corrected chi connectivity index (χ0v) is 13.6. The summed E-state index contributed by atoms with van der Waals surface area (Å²) in [6.07, 6.45) is 4.50. The normalized spacial score (nSPS) is 19.4. The van der Waals surface area contributed by atoms with Crippen LogP contribution in [0, 0.1) is 12.8 Å². The summed E-state index contributed by atoms with van der Waals surface area (Å²) in [6.45, 7) is 9.45. The second kappa shape index (κ2) is 6.71. The van der Waals surface area contributed by atoms with E-state index < -0.39 is 0 Å². The Hall–Kier alpha value is -0.610. The van der Waals surface area contributed by atoms with Gasteiger partial charge in [-0.1, -0.05) is 13.8 Å². The van der Waals surface area contributed by atoms with Gasteiger partial charge in [0.1, 0.15) is 5.82 Å². The Morgan fingerprint density at radius 1 is 1.53 bits per heavy atom. The molecule has 1 fully saturated rings. The molecule has 1 saturated heterocycles. The monoisotopic (exact) mass is 326 g/mol. The van der Waals surface area contributed by atoms with Gasteiger partial charge < -0.3 is 9.64 Å². The first-order chi connectivity index (χ1) is 9.06. The Balaban J connectivity index is 1.85. The van der Waals surface area contributed by atoms with Crippen LogP contribution < -0.4 is 4.90 Å². The molecule has 0 spiro atoms. The first kappa shape index (κ1) is 14.8. The van der Waals surface area contributed by atoms with E-state index in [2.05, 4.69) is 52.7 Å². The molecular formula is C15H23BrN2O. The van der Waals surface area contributed by atoms with Crippen LogP contribution in [0.15, 0.2) is 16.7 Å². The fourth-order valence-corrected chi connectivity index (χ4v) is 2.46. The number of aromatic nitrogens is 1. The van der Waals surface area contributed by atoms with E-state index in [4.69, 9.17) is 4.74 Å². The lowest BCUT2D eigenvalue weighted by molar-refractivity contribution is 0.0609. The van der Waals surface area contributed by atoms with Gasteiger partial charge in [-0.05, 0) is 53.2 Å². The molecule has 0 radical (unpaired) electrons. The van der Waals surface area contributed by atoms with Gasteiger partial charge in [-0.15, -0.1) is 0 Å². The second-order valence-corrected chi connectivity index (χ2v) is 6.56. The largest absolute Gasteiger partial charge is 0.376 e. The molecule has 19 heavy (non-hydrogen) atoms. The van der Waals surface area contributed by atoms with Crippen molar-refractivity contribution >= 4 is 21.7 Å². The smallest absolute Gasteiger partial charge is 0.128 e. The van der Waals surface area contributed by atoms with E-state index >= 15 is 0 Å². The first-order valence-electron chi connectivity index (χ1n) is 7.05. The number of nitrogens with zero attached hydrogens (tertiary/aromatic N) is 2. The zero-order chi connectivity index (χ0) is 13.8. The summed E-state index contributed by atoms with van der Waals surface area (Å²) in [5.41, 5.74) is 1.23. The zero-order valence-electron chi connectivity index (χ0n) is 12.0. The van der Waals surface area contributed by atoms with Gasteiger partial charge in [0.15, 0.2) is 0 Å². The van der Waals surface area contributed by atoms with Crippen molar-refractivity contribution in [2.45, 2.75) is 39.7 Å². The summed E-state index contributed by atoms with van der Waals surface area (Å²) < 4.78 is 7.01. The van der Waals surface area contributed by atoms with Crippen LogP contribution in [0.5, 0.6) is 0 Å². The van der Waals surface area contributed by atoms with Crippen molar-refractivity contribution in [2.24, 2.45) is 5.92 Å². The molecule has 0 saturated carbocycles. The summed E-state index contributed by atoms with van der Waals surface area (Å²) >= 11 is 3.49. The minimum absolute atomic E-state index is 0.365. The van der Waals surface area contributed by atoms with E-state index in [-0.39, 0.29) is 0 Å². The molecule has 0 aromatic carbocycles. The number of anilines is 1. The molecule has 0 N–H and O–H groups in total. The van der Waals surface area contributed by atoms with E-state index in [0.717, 1.165) is 42.8 Å². The highest BCUT2D eigenvalue weighted by Gasteiger charge is 2.24. The molecular weight excluding hydrogens is 304 g/mol. The summed E-state index contributed by atoms with van der Waals surface area (Å²) in [7, 11) is 0. The third-order valence-electron chi connectivity index (χ3n) is 3.55. The third kappa shape index (κ3) is 4.18. The highest BCUT2D eigenvalue weighted by atomic mass is 79.9. The molecule has 0 aliphatic carbocycles. The maximum atomic E-state index is 5.94. The summed E-state index contributed by atoms with van der Waals surface area (Å²) in [5, 5.41) is 0. The minimum Gasteiger partial charge on any atom is -0.376 e. The van der Waals surface area contributed by atoms with Crippen molar-refractivity contribution in [2.75, 3.05) is 24.6 Å². The molecule has 1 atom stereocenters. The number of halogens is 1. The van der Waals surface area contributed by atoms with Crippen LogP contribution in [-0.4, -0.2) is 30.8 Å². The summed E-state index contributed by atoms with van der Waals surface area (Å²) in [4.78, 5) is 6.81. The van der Waals surface area contributed by atoms with Gasteiger partial charge in [0, 0.05) is 30.4 Å². The molecule has 2 rings (SSSR count). The highest BCUT2D eigenvalue weighted by molar-refractivity contribution is 9.10. The summed E-state index contributed by atoms with van der Waals surface area (Å²) in [6, 6.07) is 2.14. The van der Waals surface area contributed by atoms with Gasteiger partial charge in [-0.25, -0.2) is 4.98 Å². The van der Waals surface area contributed by atoms with Crippen LogP contribution in [0.1, 0.15) is 32.3 Å². The van der Waals surface area contributed by atoms with Crippen LogP contribution in [-0.2, 0) is 4.74 Å². The Morgan fingerprint density at radius 3 is 3.00 bits per heavy atom. The molecule has 4 heteroatoms. The van der Waals surface area contributed by atoms with Gasteiger partial charge in [0.05, 0.1) is 6.10 Å². The maximum absolute atomic E-state index is 5.94. The van der Waals surface area contributed by atoms with Gasteiger partial charge in [0.2, 0.25) is 0 Å². The SMILES string of the molecule is Cc1cc(N2CCC(OCCC(C)C)C2)ncc1Br. The molecule has 1 aromatic rings. The topological polar surface area (TPSA) is 25.4 Å². The fourth-order valence-electron chi connectivity index (χ4n) is 2.24. The molecule has 1 aliphatic rings. The number of aryl methyl sites for hydroxylation is 1. The molecule has 1 aromatic heterocycles. The van der Waals surface area contributed by atoms with Gasteiger partial charge >= 0.3 is 0 Å². The quantitative estimate of drug-likeness (QED) is 0.823. The van der Waals surface area contributed by atoms with Gasteiger partial charge in [0.25, 0.3) is 0 Å². The molecule has 1 unspecified atom stereocenters. The number of hydrogen-bond acceptors (Lipinski definition) is 3. The molecule has 0 bridgehead atoms. The molecule has 106 valence electrons. The number of ether oxygens (including phenoxy) is 1. The van der Waals surface area contributed by atoms with Crippen LogP contribution in [0.2, 0.25) is 0 Å². The van der Waals surface area contributed by atoms with Crippen LogP contribution in [0.4, 0.5) is 5.82 Å². The third-order valence-corrected chi connectivity index (χ3v) is 4.38. The van der Waals surface area contributed by atoms with E-state index in [0.29, 0.717) is 12.0 Å². The minimum atomic E-state index is 0.365. The second-order valence-electron chi connectivity index (χ2n) is 5.70. The average Bonchev–Trinajstić information content (AvgIpc) is 2.81. The van der Waals surface area contributed by atoms with E-state index in [1.807, 2.05) is 6.20 Å². The lowest BCUT2D eigenvalue weighted by Gasteiger charge is -2.18. The Bertz CT molecular complexity index is 423. The summed E-state index contributed by atoms with van der Waals surface area (Å²) in [5.74, 6) is 1.78. The first-order valence-corrected chi connectivity index (χ1v) is 7.84. The molecule has 2 heterocycles. The standard InChI is InChI=1S/C15H23BrN2O/c1-11(2)5-7-19-13-4-6-18(10-13)15-8-12(3)14(16)9-17-15/h8-9,11,13H,4-7,10H2,1-3H3. The lowest BCUT2D eigenvalue weighted by Crippen LogP contribution is -2.24. The number of hydrogen-bond donors (Lipinski definition) is 0. The molecule has 3 nitrogen and oxygen atoms in total. The number of pyridine rings is 1. The van der Waals surface area contributed by atoms with Crippen LogP contribution >= 0.6 is 15.9 Å². The van der Waals surface area contributed by atoms with Crippen molar-refractivity contribution in [3.05, 3.63) is 22.3 Å². The Labute approximate surface area is 124 Å². The fraction of sp³-hybridized carbons (Fsp3) is 0.667. The van der Waals surface area contributed by atoms with Crippen molar-refractivity contribution in [1.82, 2.24) is 4.98 Å². The molecule has 1 aliphatic heterocycles. The maximum Gasteiger partial charge on any atom is 0.128 e. The van der Waals surface area contributed by atoms with E-state index in [1.165, 1.54) is 5.56 Å². The molecule has 0 amide bonds. The van der Waals surface area contributed by atoms with E-state index in [9.17, 15) is 0 Å². The Morgan fingerprint density at radius 2 is 2.32 bits per heavy atom.